The van der Waals surface area contributed by atoms with Crippen molar-refractivity contribution in [1.29, 1.82) is 0 Å². The molecule has 2 bridgehead atoms. The van der Waals surface area contributed by atoms with Gasteiger partial charge in [0.1, 0.15) is 0 Å². The van der Waals surface area contributed by atoms with Crippen LogP contribution in [0, 0.1) is 0 Å². The van der Waals surface area contributed by atoms with Crippen LogP contribution in [0.1, 0.15) is 25.7 Å². The molecule has 0 radical (unpaired) electrons. The fraction of sp³-hybridized carbons (Fsp3) is 1.00. The van der Waals surface area contributed by atoms with Crippen molar-refractivity contribution in [2.45, 2.75) is 32.0 Å². The van der Waals surface area contributed by atoms with Crippen LogP contribution in [0.15, 0.2) is 0 Å². The Morgan fingerprint density at radius 2 is 2.00 bits per heavy atom. The molecule has 0 N–H and O–H groups in total. The Kier molecular flexibility index (Phi) is 2.19. The summed E-state index contributed by atoms with van der Waals surface area (Å²) < 4.78 is 15.8. The summed E-state index contributed by atoms with van der Waals surface area (Å²) in [6.45, 7) is 0.804. The van der Waals surface area contributed by atoms with E-state index in [0.717, 1.165) is 19.4 Å². The fourth-order valence-corrected chi connectivity index (χ4v) is 2.11. The molecule has 3 nitrogen and oxygen atoms in total. The van der Waals surface area contributed by atoms with Crippen LogP contribution in [0.3, 0.4) is 0 Å². The molecule has 10 heavy (non-hydrogen) atoms. The van der Waals surface area contributed by atoms with Gasteiger partial charge in [-0.15, -0.1) is 0 Å². The first-order valence-electron chi connectivity index (χ1n) is 3.72. The van der Waals surface area contributed by atoms with Gasteiger partial charge in [-0.05, 0) is 19.3 Å². The van der Waals surface area contributed by atoms with Gasteiger partial charge in [0.2, 0.25) is 0 Å². The third kappa shape index (κ3) is 1.48. The van der Waals surface area contributed by atoms with Gasteiger partial charge in [-0.1, -0.05) is 6.42 Å². The number of rotatable bonds is 0. The molecule has 58 valence electrons. The maximum Gasteiger partial charge on any atom is 0.337 e. The Morgan fingerprint density at radius 3 is 2.90 bits per heavy atom. The highest BCUT2D eigenvalue weighted by molar-refractivity contribution is 7.42. The molecule has 4 heteroatoms. The summed E-state index contributed by atoms with van der Waals surface area (Å²) in [6.07, 6.45) is 4.70. The lowest BCUT2D eigenvalue weighted by molar-refractivity contribution is -0.102. The van der Waals surface area contributed by atoms with Gasteiger partial charge in [-0.3, -0.25) is 9.05 Å². The van der Waals surface area contributed by atoms with Crippen molar-refractivity contribution in [3.8, 4) is 0 Å². The van der Waals surface area contributed by atoms with Crippen molar-refractivity contribution in [2.24, 2.45) is 0 Å². The molecular weight excluding hydrogens is 151 g/mol. The van der Waals surface area contributed by atoms with Crippen molar-refractivity contribution in [3.63, 3.8) is 0 Å². The van der Waals surface area contributed by atoms with Crippen LogP contribution in [0.2, 0.25) is 0 Å². The Morgan fingerprint density at radius 1 is 1.10 bits per heavy atom. The summed E-state index contributed by atoms with van der Waals surface area (Å²) in [4.78, 5) is 0. The zero-order valence-electron chi connectivity index (χ0n) is 5.78. The summed E-state index contributed by atoms with van der Waals surface area (Å²) in [5.41, 5.74) is 0. The quantitative estimate of drug-likeness (QED) is 0.511. The SMILES string of the molecule is C1CCOP2OC(CC1)O2. The van der Waals surface area contributed by atoms with Crippen LogP contribution >= 0.6 is 8.60 Å². The second-order valence-corrected chi connectivity index (χ2v) is 3.67. The number of hydrogen-bond acceptors (Lipinski definition) is 3. The van der Waals surface area contributed by atoms with E-state index in [1.807, 2.05) is 0 Å². The predicted octanol–water partition coefficient (Wildman–Crippen LogP) is 2.18. The van der Waals surface area contributed by atoms with Crippen molar-refractivity contribution in [3.05, 3.63) is 0 Å². The Hall–Kier alpha value is 0.310. The molecule has 0 aliphatic carbocycles. The monoisotopic (exact) mass is 162 g/mol. The molecule has 3 saturated heterocycles. The van der Waals surface area contributed by atoms with E-state index in [9.17, 15) is 0 Å². The molecule has 0 atom stereocenters. The van der Waals surface area contributed by atoms with Crippen LogP contribution in [0.4, 0.5) is 0 Å². The van der Waals surface area contributed by atoms with E-state index in [1.54, 1.807) is 0 Å². The second kappa shape index (κ2) is 3.14. The predicted molar refractivity (Wildman–Crippen MR) is 37.3 cm³/mol. The molecule has 0 aromatic heterocycles. The van der Waals surface area contributed by atoms with Gasteiger partial charge in [0, 0.05) is 0 Å². The first kappa shape index (κ1) is 6.99. The first-order valence-corrected chi connectivity index (χ1v) is 4.81. The molecule has 0 aromatic rings. The third-order valence-corrected chi connectivity index (χ3v) is 2.90. The minimum Gasteiger partial charge on any atom is -0.312 e. The van der Waals surface area contributed by atoms with Crippen molar-refractivity contribution < 1.29 is 13.6 Å². The normalized spacial score (nSPS) is 40.8. The average Bonchev–Trinajstić information content (AvgIpc) is 1.98. The Balaban J connectivity index is 1.81. The van der Waals surface area contributed by atoms with Gasteiger partial charge in [-0.2, -0.15) is 0 Å². The zero-order valence-corrected chi connectivity index (χ0v) is 6.68. The minimum absolute atomic E-state index is 0.0595. The molecule has 0 amide bonds. The average molecular weight is 162 g/mol. The van der Waals surface area contributed by atoms with Gasteiger partial charge in [-0.25, -0.2) is 0 Å². The molecule has 0 unspecified atom stereocenters. The summed E-state index contributed by atoms with van der Waals surface area (Å²) in [7, 11) is -0.909. The number of fused-ring (bicyclic) bond motifs is 5. The molecular formula is C6H11O3P. The topological polar surface area (TPSA) is 27.7 Å². The van der Waals surface area contributed by atoms with Gasteiger partial charge < -0.3 is 4.52 Å². The van der Waals surface area contributed by atoms with Crippen LogP contribution in [-0.2, 0) is 13.6 Å². The van der Waals surface area contributed by atoms with Crippen molar-refractivity contribution in [1.82, 2.24) is 0 Å². The third-order valence-electron chi connectivity index (χ3n) is 1.69. The van der Waals surface area contributed by atoms with E-state index in [1.165, 1.54) is 12.8 Å². The Bertz CT molecular complexity index is 96.1. The molecule has 3 heterocycles. The lowest BCUT2D eigenvalue weighted by Gasteiger charge is -2.31. The molecule has 0 spiro atoms. The van der Waals surface area contributed by atoms with E-state index >= 15 is 0 Å². The van der Waals surface area contributed by atoms with E-state index in [2.05, 4.69) is 0 Å². The highest BCUT2D eigenvalue weighted by Gasteiger charge is 2.33. The first-order chi connectivity index (χ1) is 4.95. The van der Waals surface area contributed by atoms with Crippen LogP contribution < -0.4 is 0 Å². The summed E-state index contributed by atoms with van der Waals surface area (Å²) in [6, 6.07) is 0. The number of hydrogen-bond donors (Lipinski definition) is 0. The fourth-order valence-electron chi connectivity index (χ4n) is 1.10. The van der Waals surface area contributed by atoms with Crippen molar-refractivity contribution in [2.75, 3.05) is 6.61 Å². The van der Waals surface area contributed by atoms with Crippen LogP contribution in [0.5, 0.6) is 0 Å². The van der Waals surface area contributed by atoms with E-state index < -0.39 is 8.60 Å². The second-order valence-electron chi connectivity index (χ2n) is 2.55. The molecule has 3 rings (SSSR count). The lowest BCUT2D eigenvalue weighted by atomic mass is 10.2. The van der Waals surface area contributed by atoms with Gasteiger partial charge >= 0.3 is 8.60 Å². The van der Waals surface area contributed by atoms with Gasteiger partial charge in [0.15, 0.2) is 6.29 Å². The highest BCUT2D eigenvalue weighted by Crippen LogP contribution is 2.53. The van der Waals surface area contributed by atoms with Crippen LogP contribution in [-0.4, -0.2) is 12.9 Å². The maximum atomic E-state index is 5.28. The smallest absolute Gasteiger partial charge is 0.312 e. The van der Waals surface area contributed by atoms with Crippen LogP contribution in [0.25, 0.3) is 0 Å². The Labute approximate surface area is 61.7 Å². The highest BCUT2D eigenvalue weighted by atomic mass is 31.2. The van der Waals surface area contributed by atoms with E-state index in [4.69, 9.17) is 13.6 Å². The molecule has 0 aromatic carbocycles. The maximum absolute atomic E-state index is 5.28. The lowest BCUT2D eigenvalue weighted by Crippen LogP contribution is -2.22. The van der Waals surface area contributed by atoms with Crippen molar-refractivity contribution >= 4 is 8.60 Å². The molecule has 0 saturated carbocycles. The van der Waals surface area contributed by atoms with Gasteiger partial charge in [0.05, 0.1) is 6.61 Å². The van der Waals surface area contributed by atoms with E-state index in [-0.39, 0.29) is 6.29 Å². The molecule has 3 aliphatic heterocycles. The largest absolute Gasteiger partial charge is 0.337 e. The van der Waals surface area contributed by atoms with Gasteiger partial charge in [0.25, 0.3) is 0 Å². The summed E-state index contributed by atoms with van der Waals surface area (Å²) in [5.74, 6) is 0. The minimum atomic E-state index is -0.909. The summed E-state index contributed by atoms with van der Waals surface area (Å²) >= 11 is 0. The molecule has 3 aliphatic rings. The zero-order chi connectivity index (χ0) is 6.81. The molecule has 3 fully saturated rings. The standard InChI is InChI=1S/C6H11O3P/c1-2-4-6-8-10(9-6)7-5-3-1/h6H,1-5H2. The summed E-state index contributed by atoms with van der Waals surface area (Å²) in [5, 5.41) is 0. The van der Waals surface area contributed by atoms with E-state index in [0.29, 0.717) is 0 Å².